The third-order valence-electron chi connectivity index (χ3n) is 3.43. The molecule has 0 spiro atoms. The molecule has 1 aromatic rings. The van der Waals surface area contributed by atoms with E-state index in [4.69, 9.17) is 0 Å². The number of thiophene rings is 1. The van der Waals surface area contributed by atoms with Crippen LogP contribution in [0.1, 0.15) is 44.0 Å². The third-order valence-corrected chi connectivity index (χ3v) is 5.39. The molecule has 1 N–H and O–H groups in total. The van der Waals surface area contributed by atoms with E-state index >= 15 is 0 Å². The summed E-state index contributed by atoms with van der Waals surface area (Å²) in [6, 6.07) is 2.71. The van der Waals surface area contributed by atoms with E-state index in [9.17, 15) is 0 Å². The van der Waals surface area contributed by atoms with Crippen LogP contribution in [-0.2, 0) is 0 Å². The molecule has 0 radical (unpaired) electrons. The molecule has 2 atom stereocenters. The van der Waals surface area contributed by atoms with Gasteiger partial charge >= 0.3 is 0 Å². The summed E-state index contributed by atoms with van der Waals surface area (Å²) in [6.45, 7) is 5.75. The van der Waals surface area contributed by atoms with Gasteiger partial charge in [0.15, 0.2) is 0 Å². The Kier molecular flexibility index (Phi) is 4.45. The zero-order valence-electron chi connectivity index (χ0n) is 10.0. The SMILES string of the molecule is CCCNC(c1sccc1Br)C(C)C1CC1. The lowest BCUT2D eigenvalue weighted by atomic mass is 9.95. The molecular weight excluding hydrogens is 282 g/mol. The standard InChI is InChI=1S/C13H20BrNS/c1-3-7-15-12(9(2)10-4-5-10)13-11(14)6-8-16-13/h6,8-10,12,15H,3-5,7H2,1-2H3. The van der Waals surface area contributed by atoms with Crippen LogP contribution < -0.4 is 5.32 Å². The van der Waals surface area contributed by atoms with Crippen molar-refractivity contribution in [3.8, 4) is 0 Å². The van der Waals surface area contributed by atoms with Crippen LogP contribution >= 0.6 is 27.3 Å². The highest BCUT2D eigenvalue weighted by Crippen LogP contribution is 2.45. The summed E-state index contributed by atoms with van der Waals surface area (Å²) in [5.41, 5.74) is 0. The van der Waals surface area contributed by atoms with Crippen molar-refractivity contribution >= 4 is 27.3 Å². The van der Waals surface area contributed by atoms with E-state index in [1.165, 1.54) is 28.6 Å². The summed E-state index contributed by atoms with van der Waals surface area (Å²) in [5.74, 6) is 1.71. The lowest BCUT2D eigenvalue weighted by Gasteiger charge is -2.24. The monoisotopic (exact) mass is 301 g/mol. The fourth-order valence-corrected chi connectivity index (χ4v) is 4.05. The van der Waals surface area contributed by atoms with Gasteiger partial charge in [-0.3, -0.25) is 0 Å². The number of halogens is 1. The van der Waals surface area contributed by atoms with E-state index < -0.39 is 0 Å². The van der Waals surface area contributed by atoms with Gasteiger partial charge in [-0.25, -0.2) is 0 Å². The molecule has 0 aromatic carbocycles. The van der Waals surface area contributed by atoms with Crippen LogP contribution in [0.15, 0.2) is 15.9 Å². The Labute approximate surface area is 111 Å². The Morgan fingerprint density at radius 2 is 2.31 bits per heavy atom. The summed E-state index contributed by atoms with van der Waals surface area (Å²) >= 11 is 5.54. The van der Waals surface area contributed by atoms with Crippen molar-refractivity contribution in [1.82, 2.24) is 5.32 Å². The first-order valence-electron chi connectivity index (χ1n) is 6.20. The summed E-state index contributed by atoms with van der Waals surface area (Å²) in [5, 5.41) is 5.89. The molecular formula is C13H20BrNS. The summed E-state index contributed by atoms with van der Waals surface area (Å²) in [7, 11) is 0. The largest absolute Gasteiger partial charge is 0.309 e. The molecule has 16 heavy (non-hydrogen) atoms. The fourth-order valence-electron chi connectivity index (χ4n) is 2.24. The fraction of sp³-hybridized carbons (Fsp3) is 0.692. The van der Waals surface area contributed by atoms with E-state index in [1.807, 2.05) is 11.3 Å². The van der Waals surface area contributed by atoms with Gasteiger partial charge in [0.05, 0.1) is 0 Å². The van der Waals surface area contributed by atoms with E-state index in [0.717, 1.165) is 18.4 Å². The molecule has 1 aliphatic rings. The first kappa shape index (κ1) is 12.6. The van der Waals surface area contributed by atoms with Crippen molar-refractivity contribution in [2.45, 2.75) is 39.2 Å². The summed E-state index contributed by atoms with van der Waals surface area (Å²) < 4.78 is 1.28. The second-order valence-electron chi connectivity index (χ2n) is 4.76. The van der Waals surface area contributed by atoms with Crippen molar-refractivity contribution in [3.63, 3.8) is 0 Å². The van der Waals surface area contributed by atoms with E-state index in [2.05, 4.69) is 46.5 Å². The molecule has 0 aliphatic heterocycles. The molecule has 0 bridgehead atoms. The number of nitrogens with one attached hydrogen (secondary N) is 1. The second kappa shape index (κ2) is 5.65. The maximum absolute atomic E-state index is 3.71. The van der Waals surface area contributed by atoms with Gasteiger partial charge in [0.25, 0.3) is 0 Å². The van der Waals surface area contributed by atoms with Crippen molar-refractivity contribution in [3.05, 3.63) is 20.8 Å². The van der Waals surface area contributed by atoms with Crippen molar-refractivity contribution in [1.29, 1.82) is 0 Å². The Hall–Kier alpha value is 0.140. The minimum atomic E-state index is 0.543. The number of hydrogen-bond acceptors (Lipinski definition) is 2. The Morgan fingerprint density at radius 1 is 1.56 bits per heavy atom. The molecule has 1 nitrogen and oxygen atoms in total. The molecule has 3 heteroatoms. The van der Waals surface area contributed by atoms with Gasteiger partial charge in [0, 0.05) is 15.4 Å². The molecule has 1 fully saturated rings. The molecule has 1 saturated carbocycles. The third kappa shape index (κ3) is 2.88. The van der Waals surface area contributed by atoms with Crippen LogP contribution in [0, 0.1) is 11.8 Å². The Morgan fingerprint density at radius 3 is 2.81 bits per heavy atom. The smallest absolute Gasteiger partial charge is 0.0454 e. The molecule has 2 rings (SSSR count). The van der Waals surface area contributed by atoms with Crippen LogP contribution in [0.5, 0.6) is 0 Å². The highest BCUT2D eigenvalue weighted by Gasteiger charge is 2.34. The summed E-state index contributed by atoms with van der Waals surface area (Å²) in [4.78, 5) is 1.48. The zero-order valence-corrected chi connectivity index (χ0v) is 12.4. The minimum Gasteiger partial charge on any atom is -0.309 e. The van der Waals surface area contributed by atoms with Gasteiger partial charge in [0.2, 0.25) is 0 Å². The summed E-state index contributed by atoms with van der Waals surface area (Å²) in [6.07, 6.45) is 4.06. The van der Waals surface area contributed by atoms with Crippen molar-refractivity contribution in [2.75, 3.05) is 6.54 Å². The average molecular weight is 302 g/mol. The molecule has 1 aliphatic carbocycles. The number of hydrogen-bond donors (Lipinski definition) is 1. The van der Waals surface area contributed by atoms with Crippen LogP contribution in [0.2, 0.25) is 0 Å². The van der Waals surface area contributed by atoms with Gasteiger partial charge in [-0.1, -0.05) is 13.8 Å². The number of rotatable bonds is 6. The van der Waals surface area contributed by atoms with Gasteiger partial charge in [-0.2, -0.15) is 0 Å². The van der Waals surface area contributed by atoms with Gasteiger partial charge in [-0.05, 0) is 65.0 Å². The van der Waals surface area contributed by atoms with Crippen LogP contribution in [0.3, 0.4) is 0 Å². The first-order chi connectivity index (χ1) is 7.74. The van der Waals surface area contributed by atoms with Crippen molar-refractivity contribution < 1.29 is 0 Å². The van der Waals surface area contributed by atoms with Gasteiger partial charge in [0.1, 0.15) is 0 Å². The Balaban J connectivity index is 2.10. The molecule has 90 valence electrons. The molecule has 0 saturated heterocycles. The second-order valence-corrected chi connectivity index (χ2v) is 6.56. The normalized spacial score (nSPS) is 19.7. The van der Waals surface area contributed by atoms with E-state index in [1.54, 1.807) is 0 Å². The lowest BCUT2D eigenvalue weighted by Crippen LogP contribution is -2.28. The van der Waals surface area contributed by atoms with Crippen LogP contribution in [0.4, 0.5) is 0 Å². The quantitative estimate of drug-likeness (QED) is 0.810. The predicted molar refractivity (Wildman–Crippen MR) is 74.9 cm³/mol. The van der Waals surface area contributed by atoms with Crippen LogP contribution in [-0.4, -0.2) is 6.54 Å². The lowest BCUT2D eigenvalue weighted by molar-refractivity contribution is 0.353. The maximum atomic E-state index is 3.71. The highest BCUT2D eigenvalue weighted by atomic mass is 79.9. The minimum absolute atomic E-state index is 0.543. The first-order valence-corrected chi connectivity index (χ1v) is 7.87. The molecule has 2 unspecified atom stereocenters. The molecule has 1 aromatic heterocycles. The van der Waals surface area contributed by atoms with Gasteiger partial charge in [-0.15, -0.1) is 11.3 Å². The maximum Gasteiger partial charge on any atom is 0.0454 e. The molecule has 0 amide bonds. The zero-order chi connectivity index (χ0) is 11.5. The van der Waals surface area contributed by atoms with Crippen molar-refractivity contribution in [2.24, 2.45) is 11.8 Å². The topological polar surface area (TPSA) is 12.0 Å². The van der Waals surface area contributed by atoms with E-state index in [-0.39, 0.29) is 0 Å². The van der Waals surface area contributed by atoms with E-state index in [0.29, 0.717) is 6.04 Å². The van der Waals surface area contributed by atoms with Crippen LogP contribution in [0.25, 0.3) is 0 Å². The Bertz CT molecular complexity index is 332. The predicted octanol–water partition coefficient (Wildman–Crippen LogP) is 4.60. The van der Waals surface area contributed by atoms with Gasteiger partial charge < -0.3 is 5.32 Å². The molecule has 1 heterocycles. The highest BCUT2D eigenvalue weighted by molar-refractivity contribution is 9.10. The average Bonchev–Trinajstić information content (AvgIpc) is 3.04.